The fourth-order valence-corrected chi connectivity index (χ4v) is 3.62. The number of carboxylic acid groups (broad SMARTS) is 1. The van der Waals surface area contributed by atoms with Crippen molar-refractivity contribution in [2.75, 3.05) is 0 Å². The predicted octanol–water partition coefficient (Wildman–Crippen LogP) is 5.35. The van der Waals surface area contributed by atoms with Gasteiger partial charge < -0.3 is 15.0 Å². The van der Waals surface area contributed by atoms with Crippen LogP contribution in [0.3, 0.4) is 0 Å². The van der Waals surface area contributed by atoms with Crippen LogP contribution in [0.5, 0.6) is 0 Å². The molecule has 0 fully saturated rings. The highest BCUT2D eigenvalue weighted by Gasteiger charge is 2.42. The predicted molar refractivity (Wildman–Crippen MR) is 107 cm³/mol. The summed E-state index contributed by atoms with van der Waals surface area (Å²) in [6.07, 6.45) is -4.74. The number of amides is 1. The molecule has 158 valence electrons. The fourth-order valence-electron chi connectivity index (χ4n) is 3.42. The van der Waals surface area contributed by atoms with E-state index in [0.717, 1.165) is 6.07 Å². The second-order valence-corrected chi connectivity index (χ2v) is 7.24. The molecule has 1 aromatic heterocycles. The first-order valence-electron chi connectivity index (χ1n) is 9.03. The van der Waals surface area contributed by atoms with Crippen molar-refractivity contribution >= 4 is 34.4 Å². The Kier molecular flexibility index (Phi) is 5.81. The van der Waals surface area contributed by atoms with Gasteiger partial charge in [0.25, 0.3) is 5.91 Å². The quantitative estimate of drug-likeness (QED) is 0.563. The second-order valence-electron chi connectivity index (χ2n) is 6.81. The minimum absolute atomic E-state index is 0.00529. The third-order valence-electron chi connectivity index (χ3n) is 4.81. The smallest absolute Gasteiger partial charge is 0.412 e. The summed E-state index contributed by atoms with van der Waals surface area (Å²) in [4.78, 5) is 24.2. The van der Waals surface area contributed by atoms with Gasteiger partial charge in [-0.25, -0.2) is 4.79 Å². The van der Waals surface area contributed by atoms with Crippen molar-refractivity contribution in [1.82, 2.24) is 9.88 Å². The molecule has 0 saturated heterocycles. The van der Waals surface area contributed by atoms with E-state index in [1.54, 1.807) is 24.5 Å². The van der Waals surface area contributed by atoms with Gasteiger partial charge >= 0.3 is 12.1 Å². The van der Waals surface area contributed by atoms with E-state index in [4.69, 9.17) is 11.6 Å². The third kappa shape index (κ3) is 4.14. The van der Waals surface area contributed by atoms with Gasteiger partial charge in [0.2, 0.25) is 0 Å². The van der Waals surface area contributed by atoms with Crippen LogP contribution in [0.15, 0.2) is 42.5 Å². The summed E-state index contributed by atoms with van der Waals surface area (Å²) in [7, 11) is 0. The number of aromatic nitrogens is 1. The summed E-state index contributed by atoms with van der Waals surface area (Å²) in [6, 6.07) is 7.37. The van der Waals surface area contributed by atoms with Crippen LogP contribution >= 0.6 is 11.6 Å². The number of carboxylic acids is 1. The molecule has 9 heteroatoms. The summed E-state index contributed by atoms with van der Waals surface area (Å²) in [5, 5.41) is 11.9. The van der Waals surface area contributed by atoms with E-state index in [9.17, 15) is 27.9 Å². The normalized spacial score (nSPS) is 12.7. The van der Waals surface area contributed by atoms with Crippen molar-refractivity contribution in [3.63, 3.8) is 0 Å². The number of carbonyl (C=O) groups is 2. The van der Waals surface area contributed by atoms with Gasteiger partial charge in [0.1, 0.15) is 5.69 Å². The SMILES string of the molecule is CCn1c(C(=O)NC(c2cccc(Cl)c2)C(F)(F)F)cc2cc(C(=O)O)c(C)cc21. The van der Waals surface area contributed by atoms with E-state index in [1.165, 1.54) is 30.3 Å². The summed E-state index contributed by atoms with van der Waals surface area (Å²) in [5.74, 6) is -2.05. The molecule has 5 nitrogen and oxygen atoms in total. The van der Waals surface area contributed by atoms with E-state index < -0.39 is 24.1 Å². The Hall–Kier alpha value is -3.00. The molecule has 0 aliphatic heterocycles. The van der Waals surface area contributed by atoms with E-state index in [0.29, 0.717) is 23.0 Å². The van der Waals surface area contributed by atoms with Gasteiger partial charge in [0.15, 0.2) is 6.04 Å². The number of nitrogens with zero attached hydrogens (tertiary/aromatic N) is 1. The van der Waals surface area contributed by atoms with Gasteiger partial charge in [-0.2, -0.15) is 13.2 Å². The first-order chi connectivity index (χ1) is 14.0. The maximum Gasteiger partial charge on any atom is 0.412 e. The molecule has 0 aliphatic carbocycles. The van der Waals surface area contributed by atoms with E-state index in [1.807, 2.05) is 5.32 Å². The Morgan fingerprint density at radius 1 is 1.20 bits per heavy atom. The molecule has 0 radical (unpaired) electrons. The average molecular weight is 439 g/mol. The van der Waals surface area contributed by atoms with E-state index in [2.05, 4.69) is 0 Å². The van der Waals surface area contributed by atoms with Crippen LogP contribution in [-0.4, -0.2) is 27.7 Å². The number of hydrogen-bond acceptors (Lipinski definition) is 2. The van der Waals surface area contributed by atoms with Gasteiger partial charge in [0.05, 0.1) is 5.56 Å². The molecule has 1 amide bonds. The van der Waals surface area contributed by atoms with Crippen molar-refractivity contribution in [1.29, 1.82) is 0 Å². The zero-order valence-corrected chi connectivity index (χ0v) is 16.8. The molecule has 0 aliphatic rings. The fraction of sp³-hybridized carbons (Fsp3) is 0.238. The zero-order chi connectivity index (χ0) is 22.2. The Morgan fingerprint density at radius 2 is 1.90 bits per heavy atom. The summed E-state index contributed by atoms with van der Waals surface area (Å²) in [6.45, 7) is 3.68. The second kappa shape index (κ2) is 8.02. The number of halogens is 4. The number of aryl methyl sites for hydroxylation is 2. The average Bonchev–Trinajstić information content (AvgIpc) is 3.01. The van der Waals surface area contributed by atoms with Crippen LogP contribution in [0.2, 0.25) is 5.02 Å². The molecule has 2 aromatic carbocycles. The number of carbonyl (C=O) groups excluding carboxylic acids is 1. The Morgan fingerprint density at radius 3 is 2.47 bits per heavy atom. The highest BCUT2D eigenvalue weighted by atomic mass is 35.5. The lowest BCUT2D eigenvalue weighted by Crippen LogP contribution is -2.38. The molecule has 30 heavy (non-hydrogen) atoms. The standard InChI is InChI=1S/C21H18ClF3N2O3/c1-3-27-16-7-11(2)15(20(29)30)9-13(16)10-17(27)19(28)26-18(21(23,24)25)12-5-4-6-14(22)8-12/h4-10,18H,3H2,1-2H3,(H,26,28)(H,29,30). The summed E-state index contributed by atoms with van der Waals surface area (Å²) < 4.78 is 42.5. The van der Waals surface area contributed by atoms with Gasteiger partial charge in [0, 0.05) is 22.5 Å². The van der Waals surface area contributed by atoms with Crippen molar-refractivity contribution in [3.8, 4) is 0 Å². The molecule has 1 heterocycles. The number of rotatable bonds is 5. The minimum atomic E-state index is -4.74. The van der Waals surface area contributed by atoms with Crippen LogP contribution < -0.4 is 5.32 Å². The Bertz CT molecular complexity index is 1140. The summed E-state index contributed by atoms with van der Waals surface area (Å²) in [5.41, 5.74) is 0.936. The number of hydrogen-bond donors (Lipinski definition) is 2. The monoisotopic (exact) mass is 438 g/mol. The number of fused-ring (bicyclic) bond motifs is 1. The summed E-state index contributed by atoms with van der Waals surface area (Å²) >= 11 is 5.82. The van der Waals surface area contributed by atoms with Crippen LogP contribution in [0, 0.1) is 6.92 Å². The first-order valence-corrected chi connectivity index (χ1v) is 9.41. The van der Waals surface area contributed by atoms with Gasteiger partial charge in [-0.3, -0.25) is 4.79 Å². The zero-order valence-electron chi connectivity index (χ0n) is 16.0. The molecule has 0 bridgehead atoms. The highest BCUT2D eigenvalue weighted by molar-refractivity contribution is 6.30. The van der Waals surface area contributed by atoms with Gasteiger partial charge in [-0.15, -0.1) is 0 Å². The first kappa shape index (κ1) is 21.7. The number of alkyl halides is 3. The van der Waals surface area contributed by atoms with Crippen LogP contribution in [0.25, 0.3) is 10.9 Å². The Labute approximate surface area is 175 Å². The highest BCUT2D eigenvalue weighted by Crippen LogP contribution is 2.34. The van der Waals surface area contributed by atoms with E-state index in [-0.39, 0.29) is 21.8 Å². The molecule has 0 saturated carbocycles. The molecule has 0 spiro atoms. The third-order valence-corrected chi connectivity index (χ3v) is 5.05. The van der Waals surface area contributed by atoms with E-state index >= 15 is 0 Å². The molecule has 2 N–H and O–H groups in total. The number of benzene rings is 2. The number of nitrogens with one attached hydrogen (secondary N) is 1. The van der Waals surface area contributed by atoms with Crippen molar-refractivity contribution in [2.45, 2.75) is 32.6 Å². The molecular weight excluding hydrogens is 421 g/mol. The van der Waals surface area contributed by atoms with Gasteiger partial charge in [-0.1, -0.05) is 23.7 Å². The van der Waals surface area contributed by atoms with Gasteiger partial charge in [-0.05, 0) is 55.3 Å². The topological polar surface area (TPSA) is 71.3 Å². The lowest BCUT2D eigenvalue weighted by Gasteiger charge is -2.22. The van der Waals surface area contributed by atoms with Crippen LogP contribution in [0.1, 0.15) is 44.9 Å². The largest absolute Gasteiger partial charge is 0.478 e. The molecule has 3 aromatic rings. The molecule has 1 unspecified atom stereocenters. The van der Waals surface area contributed by atoms with Crippen LogP contribution in [-0.2, 0) is 6.54 Å². The Balaban J connectivity index is 2.05. The minimum Gasteiger partial charge on any atom is -0.478 e. The maximum absolute atomic E-state index is 13.7. The van der Waals surface area contributed by atoms with Crippen molar-refractivity contribution in [3.05, 3.63) is 69.9 Å². The lowest BCUT2D eigenvalue weighted by atomic mass is 10.1. The van der Waals surface area contributed by atoms with Crippen LogP contribution in [0.4, 0.5) is 13.2 Å². The molecule has 3 rings (SSSR count). The van der Waals surface area contributed by atoms with Crippen molar-refractivity contribution < 1.29 is 27.9 Å². The number of aromatic carboxylic acids is 1. The lowest BCUT2D eigenvalue weighted by molar-refractivity contribution is -0.155. The molecule has 1 atom stereocenters. The van der Waals surface area contributed by atoms with Crippen molar-refractivity contribution in [2.24, 2.45) is 0 Å². The molecular formula is C21H18ClF3N2O3. The maximum atomic E-state index is 13.7.